The van der Waals surface area contributed by atoms with Crippen molar-refractivity contribution in [3.63, 3.8) is 0 Å². The van der Waals surface area contributed by atoms with Crippen molar-refractivity contribution in [1.82, 2.24) is 10.6 Å². The van der Waals surface area contributed by atoms with Crippen LogP contribution in [0, 0.1) is 0 Å². The van der Waals surface area contributed by atoms with Gasteiger partial charge in [0.1, 0.15) is 0 Å². The molecular weight excluding hydrogens is 368 g/mol. The predicted molar refractivity (Wildman–Crippen MR) is 108 cm³/mol. The molecule has 0 saturated heterocycles. The van der Waals surface area contributed by atoms with Gasteiger partial charge in [-0.05, 0) is 37.1 Å². The number of benzene rings is 2. The molecule has 2 N–H and O–H groups in total. The third kappa shape index (κ3) is 6.73. The lowest BCUT2D eigenvalue weighted by atomic mass is 10.0. The molecule has 0 fully saturated rings. The highest BCUT2D eigenvalue weighted by molar-refractivity contribution is 8.00. The highest BCUT2D eigenvalue weighted by Gasteiger charge is 2.17. The summed E-state index contributed by atoms with van der Waals surface area (Å²) in [7, 11) is 0. The lowest BCUT2D eigenvalue weighted by molar-refractivity contribution is -0.125. The molecule has 6 heteroatoms. The van der Waals surface area contributed by atoms with Gasteiger partial charge in [-0.1, -0.05) is 54.1 Å². The van der Waals surface area contributed by atoms with Gasteiger partial charge < -0.3 is 10.6 Å². The molecule has 0 aromatic heterocycles. The Labute approximate surface area is 163 Å². The number of thioether (sulfide) groups is 1. The Morgan fingerprint density at radius 1 is 0.962 bits per heavy atom. The largest absolute Gasteiger partial charge is 0.352 e. The molecule has 26 heavy (non-hydrogen) atoms. The molecular formula is C20H23ClN2O2S. The van der Waals surface area contributed by atoms with Crippen LogP contribution >= 0.6 is 23.4 Å². The number of nitrogens with one attached hydrogen (secondary N) is 2. The summed E-state index contributed by atoms with van der Waals surface area (Å²) in [6.07, 6.45) is 0. The Balaban J connectivity index is 1.98. The first kappa shape index (κ1) is 20.3. The van der Waals surface area contributed by atoms with E-state index < -0.39 is 0 Å². The molecule has 0 aliphatic rings. The second-order valence-corrected chi connectivity index (χ2v) is 7.68. The van der Waals surface area contributed by atoms with Crippen LogP contribution in [-0.4, -0.2) is 30.2 Å². The molecule has 0 unspecified atom stereocenters. The maximum atomic E-state index is 12.1. The fraction of sp³-hybridized carbons (Fsp3) is 0.300. The molecule has 0 saturated carbocycles. The SMILES string of the molecule is CC(C)NC(=O)CNC(=O)CS[C@@H](c1ccccc1)c1ccc(Cl)cc1. The number of rotatable bonds is 8. The van der Waals surface area contributed by atoms with Crippen LogP contribution < -0.4 is 10.6 Å². The lowest BCUT2D eigenvalue weighted by Crippen LogP contribution is -2.40. The summed E-state index contributed by atoms with van der Waals surface area (Å²) >= 11 is 7.51. The summed E-state index contributed by atoms with van der Waals surface area (Å²) in [6.45, 7) is 3.76. The first-order valence-corrected chi connectivity index (χ1v) is 9.86. The summed E-state index contributed by atoms with van der Waals surface area (Å²) in [5.74, 6) is -0.0867. The normalized spacial score (nSPS) is 11.8. The van der Waals surface area contributed by atoms with E-state index in [1.54, 1.807) is 0 Å². The first-order chi connectivity index (χ1) is 12.5. The van der Waals surface area contributed by atoms with Crippen LogP contribution in [0.3, 0.4) is 0 Å². The van der Waals surface area contributed by atoms with Crippen LogP contribution in [0.25, 0.3) is 0 Å². The topological polar surface area (TPSA) is 58.2 Å². The molecule has 138 valence electrons. The van der Waals surface area contributed by atoms with Gasteiger partial charge in [-0.15, -0.1) is 11.8 Å². The standard InChI is InChI=1S/C20H23ClN2O2S/c1-14(2)23-18(24)12-22-19(25)13-26-20(15-6-4-3-5-7-15)16-8-10-17(21)11-9-16/h3-11,14,20H,12-13H2,1-2H3,(H,22,25)(H,23,24)/t20-/m0/s1. The van der Waals surface area contributed by atoms with Crippen LogP contribution in [0.1, 0.15) is 30.2 Å². The highest BCUT2D eigenvalue weighted by Crippen LogP contribution is 2.35. The van der Waals surface area contributed by atoms with E-state index in [9.17, 15) is 9.59 Å². The molecule has 1 atom stereocenters. The van der Waals surface area contributed by atoms with Gasteiger partial charge in [-0.2, -0.15) is 0 Å². The smallest absolute Gasteiger partial charge is 0.239 e. The molecule has 2 amide bonds. The van der Waals surface area contributed by atoms with Gasteiger partial charge in [-0.25, -0.2) is 0 Å². The Hall–Kier alpha value is -1.98. The van der Waals surface area contributed by atoms with E-state index in [-0.39, 0.29) is 35.4 Å². The van der Waals surface area contributed by atoms with Gasteiger partial charge in [0, 0.05) is 11.1 Å². The quantitative estimate of drug-likeness (QED) is 0.720. The number of hydrogen-bond acceptors (Lipinski definition) is 3. The van der Waals surface area contributed by atoms with E-state index in [0.717, 1.165) is 11.1 Å². The maximum absolute atomic E-state index is 12.1. The van der Waals surface area contributed by atoms with Crippen LogP contribution in [0.4, 0.5) is 0 Å². The third-order valence-electron chi connectivity index (χ3n) is 3.55. The third-order valence-corrected chi connectivity index (χ3v) is 5.11. The van der Waals surface area contributed by atoms with E-state index in [4.69, 9.17) is 11.6 Å². The minimum atomic E-state index is -0.185. The van der Waals surface area contributed by atoms with Gasteiger partial charge in [0.05, 0.1) is 17.5 Å². The Bertz CT molecular complexity index is 720. The van der Waals surface area contributed by atoms with Crippen molar-refractivity contribution in [3.05, 3.63) is 70.7 Å². The van der Waals surface area contributed by atoms with Crippen molar-refractivity contribution in [2.75, 3.05) is 12.3 Å². The van der Waals surface area contributed by atoms with Gasteiger partial charge in [0.2, 0.25) is 11.8 Å². The summed E-state index contributed by atoms with van der Waals surface area (Å²) < 4.78 is 0. The lowest BCUT2D eigenvalue weighted by Gasteiger charge is -2.18. The molecule has 0 radical (unpaired) electrons. The number of carbonyl (C=O) groups excluding carboxylic acids is 2. The summed E-state index contributed by atoms with van der Waals surface area (Å²) in [5.41, 5.74) is 2.20. The molecule has 0 aliphatic heterocycles. The van der Waals surface area contributed by atoms with Gasteiger partial charge in [0.15, 0.2) is 0 Å². The number of amides is 2. The molecule has 2 aromatic rings. The Morgan fingerprint density at radius 3 is 2.19 bits per heavy atom. The fourth-order valence-electron chi connectivity index (χ4n) is 2.41. The molecule has 0 aliphatic carbocycles. The van der Waals surface area contributed by atoms with Gasteiger partial charge in [-0.3, -0.25) is 9.59 Å². The second kappa shape index (κ2) is 10.2. The zero-order chi connectivity index (χ0) is 18.9. The van der Waals surface area contributed by atoms with Crippen LogP contribution in [-0.2, 0) is 9.59 Å². The molecule has 0 heterocycles. The zero-order valence-electron chi connectivity index (χ0n) is 14.9. The van der Waals surface area contributed by atoms with Crippen molar-refractivity contribution in [3.8, 4) is 0 Å². The van der Waals surface area contributed by atoms with Crippen molar-refractivity contribution in [2.24, 2.45) is 0 Å². The molecule has 2 rings (SSSR count). The average molecular weight is 391 g/mol. The van der Waals surface area contributed by atoms with E-state index in [1.807, 2.05) is 68.4 Å². The van der Waals surface area contributed by atoms with Crippen molar-refractivity contribution in [2.45, 2.75) is 25.1 Å². The summed E-state index contributed by atoms with van der Waals surface area (Å²) in [4.78, 5) is 23.7. The average Bonchev–Trinajstić information content (AvgIpc) is 2.62. The van der Waals surface area contributed by atoms with Gasteiger partial charge >= 0.3 is 0 Å². The van der Waals surface area contributed by atoms with E-state index in [1.165, 1.54) is 11.8 Å². The summed E-state index contributed by atoms with van der Waals surface area (Å²) in [6, 6.07) is 17.7. The second-order valence-electron chi connectivity index (χ2n) is 6.15. The summed E-state index contributed by atoms with van der Waals surface area (Å²) in [5, 5.41) is 6.11. The van der Waals surface area contributed by atoms with Crippen LogP contribution in [0.2, 0.25) is 5.02 Å². The van der Waals surface area contributed by atoms with E-state index >= 15 is 0 Å². The van der Waals surface area contributed by atoms with Crippen LogP contribution in [0.15, 0.2) is 54.6 Å². The molecule has 0 spiro atoms. The number of halogens is 1. The molecule has 4 nitrogen and oxygen atoms in total. The van der Waals surface area contributed by atoms with E-state index in [2.05, 4.69) is 10.6 Å². The monoisotopic (exact) mass is 390 g/mol. The maximum Gasteiger partial charge on any atom is 0.239 e. The number of hydrogen-bond donors (Lipinski definition) is 2. The number of carbonyl (C=O) groups is 2. The minimum Gasteiger partial charge on any atom is -0.352 e. The fourth-order valence-corrected chi connectivity index (χ4v) is 3.66. The van der Waals surface area contributed by atoms with E-state index in [0.29, 0.717) is 5.02 Å². The van der Waals surface area contributed by atoms with Crippen molar-refractivity contribution in [1.29, 1.82) is 0 Å². The predicted octanol–water partition coefficient (Wildman–Crippen LogP) is 3.80. The Morgan fingerprint density at radius 2 is 1.58 bits per heavy atom. The van der Waals surface area contributed by atoms with Gasteiger partial charge in [0.25, 0.3) is 0 Å². The van der Waals surface area contributed by atoms with Crippen LogP contribution in [0.5, 0.6) is 0 Å². The highest BCUT2D eigenvalue weighted by atomic mass is 35.5. The first-order valence-electron chi connectivity index (χ1n) is 8.44. The minimum absolute atomic E-state index is 0.00543. The molecule has 0 bridgehead atoms. The zero-order valence-corrected chi connectivity index (χ0v) is 16.4. The Kier molecular flexibility index (Phi) is 8.01. The van der Waals surface area contributed by atoms with Crippen molar-refractivity contribution < 1.29 is 9.59 Å². The van der Waals surface area contributed by atoms with Crippen molar-refractivity contribution >= 4 is 35.2 Å². The molecule has 2 aromatic carbocycles.